The molecule has 1 aromatic carbocycles. The molecule has 0 atom stereocenters. The van der Waals surface area contributed by atoms with Crippen LogP contribution >= 0.6 is 11.6 Å². The first-order valence-corrected chi connectivity index (χ1v) is 4.87. The first kappa shape index (κ1) is 10.8. The SMILES string of the molecule is Fc1cc(F)cc(Nc2cccc(Cl)n2)c1. The van der Waals surface area contributed by atoms with Crippen LogP contribution in [0.5, 0.6) is 0 Å². The molecule has 0 bridgehead atoms. The van der Waals surface area contributed by atoms with Crippen LogP contribution in [0.15, 0.2) is 36.4 Å². The number of anilines is 2. The minimum absolute atomic E-state index is 0.285. The van der Waals surface area contributed by atoms with Crippen LogP contribution in [0.4, 0.5) is 20.3 Å². The highest BCUT2D eigenvalue weighted by Crippen LogP contribution is 2.18. The molecule has 82 valence electrons. The highest BCUT2D eigenvalue weighted by Gasteiger charge is 2.01. The van der Waals surface area contributed by atoms with Crippen LogP contribution in [0.25, 0.3) is 0 Å². The summed E-state index contributed by atoms with van der Waals surface area (Å²) in [6.45, 7) is 0. The van der Waals surface area contributed by atoms with Crippen LogP contribution in [0.2, 0.25) is 5.15 Å². The van der Waals surface area contributed by atoms with Crippen LogP contribution in [-0.2, 0) is 0 Å². The minimum Gasteiger partial charge on any atom is -0.340 e. The van der Waals surface area contributed by atoms with Gasteiger partial charge in [0.15, 0.2) is 0 Å². The van der Waals surface area contributed by atoms with Gasteiger partial charge in [0.05, 0.1) is 0 Å². The van der Waals surface area contributed by atoms with E-state index in [4.69, 9.17) is 11.6 Å². The summed E-state index contributed by atoms with van der Waals surface area (Å²) < 4.78 is 25.8. The maximum Gasteiger partial charge on any atom is 0.132 e. The number of halogens is 3. The van der Waals surface area contributed by atoms with E-state index >= 15 is 0 Å². The Hall–Kier alpha value is -1.68. The standard InChI is InChI=1S/C11H7ClF2N2/c12-10-2-1-3-11(16-10)15-9-5-7(13)4-8(14)6-9/h1-6H,(H,15,16). The molecule has 0 aliphatic rings. The van der Waals surface area contributed by atoms with Gasteiger partial charge in [-0.25, -0.2) is 13.8 Å². The van der Waals surface area contributed by atoms with Crippen LogP contribution < -0.4 is 5.32 Å². The van der Waals surface area contributed by atoms with E-state index in [9.17, 15) is 8.78 Å². The number of hydrogen-bond acceptors (Lipinski definition) is 2. The van der Waals surface area contributed by atoms with Crippen LogP contribution in [0, 0.1) is 11.6 Å². The Morgan fingerprint density at radius 3 is 2.38 bits per heavy atom. The van der Waals surface area contributed by atoms with Crippen LogP contribution in [0.1, 0.15) is 0 Å². The Kier molecular flexibility index (Phi) is 3.01. The lowest BCUT2D eigenvalue weighted by Crippen LogP contribution is -1.94. The molecule has 0 saturated heterocycles. The molecule has 0 aliphatic heterocycles. The summed E-state index contributed by atoms with van der Waals surface area (Å²) >= 11 is 5.67. The van der Waals surface area contributed by atoms with Crippen LogP contribution in [-0.4, -0.2) is 4.98 Å². The first-order valence-electron chi connectivity index (χ1n) is 4.49. The summed E-state index contributed by atoms with van der Waals surface area (Å²) in [6, 6.07) is 8.09. The summed E-state index contributed by atoms with van der Waals surface area (Å²) in [7, 11) is 0. The number of rotatable bonds is 2. The first-order chi connectivity index (χ1) is 7.63. The van der Waals surface area contributed by atoms with Gasteiger partial charge in [0.2, 0.25) is 0 Å². The van der Waals surface area contributed by atoms with E-state index in [1.54, 1.807) is 18.2 Å². The van der Waals surface area contributed by atoms with E-state index < -0.39 is 11.6 Å². The highest BCUT2D eigenvalue weighted by atomic mass is 35.5. The molecule has 0 radical (unpaired) electrons. The zero-order valence-corrected chi connectivity index (χ0v) is 8.80. The Morgan fingerprint density at radius 2 is 1.75 bits per heavy atom. The van der Waals surface area contributed by atoms with E-state index in [0.29, 0.717) is 11.0 Å². The number of benzene rings is 1. The summed E-state index contributed by atoms with van der Waals surface area (Å²) in [5, 5.41) is 3.06. The van der Waals surface area contributed by atoms with Crippen molar-refractivity contribution in [3.8, 4) is 0 Å². The predicted octanol–water partition coefficient (Wildman–Crippen LogP) is 3.76. The molecule has 2 rings (SSSR count). The predicted molar refractivity (Wildman–Crippen MR) is 58.9 cm³/mol. The van der Waals surface area contributed by atoms with Gasteiger partial charge in [-0.3, -0.25) is 0 Å². The average molecular weight is 241 g/mol. The molecular formula is C11H7ClF2N2. The second-order valence-electron chi connectivity index (χ2n) is 3.13. The van der Waals surface area contributed by atoms with E-state index in [1.165, 1.54) is 12.1 Å². The number of hydrogen-bond donors (Lipinski definition) is 1. The van der Waals surface area contributed by atoms with Crippen molar-refractivity contribution in [2.24, 2.45) is 0 Å². The molecule has 0 fully saturated rings. The van der Waals surface area contributed by atoms with E-state index in [1.807, 2.05) is 0 Å². The van der Waals surface area contributed by atoms with Gasteiger partial charge < -0.3 is 5.32 Å². The lowest BCUT2D eigenvalue weighted by Gasteiger charge is -2.05. The van der Waals surface area contributed by atoms with Gasteiger partial charge in [-0.15, -0.1) is 0 Å². The van der Waals surface area contributed by atoms with E-state index in [2.05, 4.69) is 10.3 Å². The fourth-order valence-corrected chi connectivity index (χ4v) is 1.42. The molecular weight excluding hydrogens is 234 g/mol. The second kappa shape index (κ2) is 4.45. The molecule has 0 amide bonds. The maximum atomic E-state index is 12.9. The van der Waals surface area contributed by atoms with Crippen molar-refractivity contribution in [2.45, 2.75) is 0 Å². The van der Waals surface area contributed by atoms with E-state index in [0.717, 1.165) is 6.07 Å². The fraction of sp³-hybridized carbons (Fsp3) is 0. The molecule has 16 heavy (non-hydrogen) atoms. The molecule has 2 nitrogen and oxygen atoms in total. The zero-order valence-electron chi connectivity index (χ0n) is 8.05. The fourth-order valence-electron chi connectivity index (χ4n) is 1.25. The Morgan fingerprint density at radius 1 is 1.06 bits per heavy atom. The molecule has 2 aromatic rings. The quantitative estimate of drug-likeness (QED) is 0.809. The largest absolute Gasteiger partial charge is 0.340 e. The number of nitrogens with zero attached hydrogens (tertiary/aromatic N) is 1. The third kappa shape index (κ3) is 2.67. The van der Waals surface area contributed by atoms with Crippen molar-refractivity contribution in [3.63, 3.8) is 0 Å². The Labute approximate surface area is 95.9 Å². The monoisotopic (exact) mass is 240 g/mol. The molecule has 0 spiro atoms. The lowest BCUT2D eigenvalue weighted by molar-refractivity contribution is 0.584. The van der Waals surface area contributed by atoms with Crippen molar-refractivity contribution in [1.82, 2.24) is 4.98 Å². The van der Waals surface area contributed by atoms with Crippen molar-refractivity contribution in [1.29, 1.82) is 0 Å². The maximum absolute atomic E-state index is 12.9. The zero-order chi connectivity index (χ0) is 11.5. The van der Waals surface area contributed by atoms with Gasteiger partial charge in [0, 0.05) is 11.8 Å². The highest BCUT2D eigenvalue weighted by molar-refractivity contribution is 6.29. The summed E-state index contributed by atoms with van der Waals surface area (Å²) in [5.74, 6) is -0.869. The number of aromatic nitrogens is 1. The van der Waals surface area contributed by atoms with Crippen LogP contribution in [0.3, 0.4) is 0 Å². The smallest absolute Gasteiger partial charge is 0.132 e. The molecule has 1 N–H and O–H groups in total. The third-order valence-electron chi connectivity index (χ3n) is 1.85. The summed E-state index contributed by atoms with van der Waals surface area (Å²) in [5.41, 5.74) is 0.285. The topological polar surface area (TPSA) is 24.9 Å². The Bertz CT molecular complexity index is 497. The van der Waals surface area contributed by atoms with Gasteiger partial charge in [-0.05, 0) is 24.3 Å². The van der Waals surface area contributed by atoms with Crippen molar-refractivity contribution >= 4 is 23.1 Å². The molecule has 5 heteroatoms. The molecule has 1 heterocycles. The van der Waals surface area contributed by atoms with Gasteiger partial charge in [-0.1, -0.05) is 17.7 Å². The average Bonchev–Trinajstić information content (AvgIpc) is 2.15. The van der Waals surface area contributed by atoms with Gasteiger partial charge in [0.25, 0.3) is 0 Å². The molecule has 1 aromatic heterocycles. The van der Waals surface area contributed by atoms with E-state index in [-0.39, 0.29) is 5.69 Å². The second-order valence-corrected chi connectivity index (χ2v) is 3.52. The summed E-state index contributed by atoms with van der Waals surface area (Å²) in [4.78, 5) is 3.94. The van der Waals surface area contributed by atoms with Gasteiger partial charge in [0.1, 0.15) is 22.6 Å². The molecule has 0 unspecified atom stereocenters. The summed E-state index contributed by atoms with van der Waals surface area (Å²) in [6.07, 6.45) is 0. The Balaban J connectivity index is 2.27. The van der Waals surface area contributed by atoms with Crippen molar-refractivity contribution < 1.29 is 8.78 Å². The molecule has 0 aliphatic carbocycles. The minimum atomic E-state index is -0.649. The van der Waals surface area contributed by atoms with Crippen molar-refractivity contribution in [2.75, 3.05) is 5.32 Å². The third-order valence-corrected chi connectivity index (χ3v) is 2.06. The van der Waals surface area contributed by atoms with Gasteiger partial charge >= 0.3 is 0 Å². The lowest BCUT2D eigenvalue weighted by atomic mass is 10.3. The normalized spacial score (nSPS) is 10.2. The van der Waals surface area contributed by atoms with Crippen molar-refractivity contribution in [3.05, 3.63) is 53.2 Å². The number of nitrogens with one attached hydrogen (secondary N) is 1. The number of pyridine rings is 1. The van der Waals surface area contributed by atoms with Gasteiger partial charge in [-0.2, -0.15) is 0 Å². The molecule has 0 saturated carbocycles.